The molecular formula is C13H20ClN. The fraction of sp³-hybridized carbons (Fsp3) is 0.538. The van der Waals surface area contributed by atoms with Gasteiger partial charge in [0.2, 0.25) is 0 Å². The van der Waals surface area contributed by atoms with Crippen molar-refractivity contribution < 1.29 is 0 Å². The third-order valence-corrected chi connectivity index (χ3v) is 2.77. The molecule has 84 valence electrons. The quantitative estimate of drug-likeness (QED) is 0.752. The Morgan fingerprint density at radius 3 is 2.67 bits per heavy atom. The van der Waals surface area contributed by atoms with E-state index < -0.39 is 0 Å². The minimum absolute atomic E-state index is 0.756. The Morgan fingerprint density at radius 1 is 1.33 bits per heavy atom. The summed E-state index contributed by atoms with van der Waals surface area (Å²) in [6, 6.07) is 6.21. The Kier molecular flexibility index (Phi) is 5.13. The second-order valence-corrected chi connectivity index (χ2v) is 4.86. The van der Waals surface area contributed by atoms with Crippen molar-refractivity contribution in [2.45, 2.75) is 33.7 Å². The van der Waals surface area contributed by atoms with Crippen molar-refractivity contribution in [1.29, 1.82) is 0 Å². The first-order valence-electron chi connectivity index (χ1n) is 5.55. The first kappa shape index (κ1) is 12.5. The third-order valence-electron chi connectivity index (χ3n) is 2.42. The highest BCUT2D eigenvalue weighted by Gasteiger charge is 2.00. The molecule has 1 rings (SSSR count). The second-order valence-electron chi connectivity index (χ2n) is 4.45. The number of halogens is 1. The molecule has 0 unspecified atom stereocenters. The maximum absolute atomic E-state index is 6.13. The molecule has 0 aliphatic heterocycles. The van der Waals surface area contributed by atoms with Gasteiger partial charge in [0.25, 0.3) is 0 Å². The number of nitrogens with one attached hydrogen (secondary N) is 1. The second kappa shape index (κ2) is 6.14. The van der Waals surface area contributed by atoms with E-state index in [0.717, 1.165) is 24.0 Å². The van der Waals surface area contributed by atoms with E-state index in [4.69, 9.17) is 11.6 Å². The lowest BCUT2D eigenvalue weighted by Crippen LogP contribution is -2.16. The van der Waals surface area contributed by atoms with E-state index in [9.17, 15) is 0 Å². The van der Waals surface area contributed by atoms with Gasteiger partial charge in [0.05, 0.1) is 0 Å². The minimum atomic E-state index is 0.756. The fourth-order valence-electron chi connectivity index (χ4n) is 1.41. The van der Waals surface area contributed by atoms with Crippen LogP contribution in [0.15, 0.2) is 18.2 Å². The minimum Gasteiger partial charge on any atom is -0.313 e. The van der Waals surface area contributed by atoms with Crippen LogP contribution in [-0.2, 0) is 6.54 Å². The first-order chi connectivity index (χ1) is 7.09. The Bertz CT molecular complexity index is 307. The molecule has 0 heterocycles. The van der Waals surface area contributed by atoms with Crippen LogP contribution in [0.4, 0.5) is 0 Å². The molecule has 1 nitrogen and oxygen atoms in total. The topological polar surface area (TPSA) is 12.0 Å². The van der Waals surface area contributed by atoms with Crippen LogP contribution in [0.1, 0.15) is 31.4 Å². The van der Waals surface area contributed by atoms with Gasteiger partial charge in [-0.3, -0.25) is 0 Å². The molecule has 0 radical (unpaired) electrons. The number of hydrogen-bond donors (Lipinski definition) is 1. The smallest absolute Gasteiger partial charge is 0.0453 e. The van der Waals surface area contributed by atoms with E-state index in [2.05, 4.69) is 38.2 Å². The van der Waals surface area contributed by atoms with Crippen LogP contribution in [-0.4, -0.2) is 6.54 Å². The predicted molar refractivity (Wildman–Crippen MR) is 67.4 cm³/mol. The standard InChI is InChI=1S/C13H20ClN/c1-10(2)6-7-15-9-12-5-4-11(3)8-13(12)14/h4-5,8,10,15H,6-7,9H2,1-3H3. The van der Waals surface area contributed by atoms with Crippen LogP contribution >= 0.6 is 11.6 Å². The highest BCUT2D eigenvalue weighted by Crippen LogP contribution is 2.17. The molecule has 0 saturated carbocycles. The van der Waals surface area contributed by atoms with Gasteiger partial charge in [-0.2, -0.15) is 0 Å². The molecule has 1 aromatic carbocycles. The number of aryl methyl sites for hydroxylation is 1. The third kappa shape index (κ3) is 4.67. The van der Waals surface area contributed by atoms with Crippen LogP contribution in [0.2, 0.25) is 5.02 Å². The Morgan fingerprint density at radius 2 is 2.07 bits per heavy atom. The number of hydrogen-bond acceptors (Lipinski definition) is 1. The van der Waals surface area contributed by atoms with E-state index in [1.807, 2.05) is 6.07 Å². The van der Waals surface area contributed by atoms with Gasteiger partial charge >= 0.3 is 0 Å². The summed E-state index contributed by atoms with van der Waals surface area (Å²) < 4.78 is 0. The molecule has 0 aliphatic rings. The van der Waals surface area contributed by atoms with Gasteiger partial charge in [-0.25, -0.2) is 0 Å². The predicted octanol–water partition coefficient (Wildman–Crippen LogP) is 3.78. The summed E-state index contributed by atoms with van der Waals surface area (Å²) >= 11 is 6.13. The van der Waals surface area contributed by atoms with Crippen molar-refractivity contribution in [1.82, 2.24) is 5.32 Å². The summed E-state index contributed by atoms with van der Waals surface area (Å²) in [6.07, 6.45) is 1.21. The van der Waals surface area contributed by atoms with E-state index in [-0.39, 0.29) is 0 Å². The van der Waals surface area contributed by atoms with Crippen LogP contribution in [0.3, 0.4) is 0 Å². The van der Waals surface area contributed by atoms with Crippen molar-refractivity contribution in [2.24, 2.45) is 5.92 Å². The normalized spacial score (nSPS) is 11.0. The largest absolute Gasteiger partial charge is 0.313 e. The maximum atomic E-state index is 6.13. The summed E-state index contributed by atoms with van der Waals surface area (Å²) in [5, 5.41) is 4.28. The van der Waals surface area contributed by atoms with Crippen LogP contribution in [0.25, 0.3) is 0 Å². The SMILES string of the molecule is Cc1ccc(CNCCC(C)C)c(Cl)c1. The molecule has 0 atom stereocenters. The zero-order valence-corrected chi connectivity index (χ0v) is 10.6. The zero-order valence-electron chi connectivity index (χ0n) is 9.81. The summed E-state index contributed by atoms with van der Waals surface area (Å²) in [5.41, 5.74) is 2.40. The average Bonchev–Trinajstić information content (AvgIpc) is 2.14. The molecular weight excluding hydrogens is 206 g/mol. The van der Waals surface area contributed by atoms with E-state index in [0.29, 0.717) is 0 Å². The highest BCUT2D eigenvalue weighted by molar-refractivity contribution is 6.31. The lowest BCUT2D eigenvalue weighted by atomic mass is 10.1. The molecule has 0 saturated heterocycles. The Hall–Kier alpha value is -0.530. The molecule has 0 spiro atoms. The molecule has 0 aromatic heterocycles. The molecule has 0 bridgehead atoms. The summed E-state index contributed by atoms with van der Waals surface area (Å²) in [5.74, 6) is 0.756. The van der Waals surface area contributed by atoms with Gasteiger partial charge in [-0.05, 0) is 43.0 Å². The van der Waals surface area contributed by atoms with Crippen LogP contribution in [0.5, 0.6) is 0 Å². The lowest BCUT2D eigenvalue weighted by molar-refractivity contribution is 0.537. The zero-order chi connectivity index (χ0) is 11.3. The summed E-state index contributed by atoms with van der Waals surface area (Å²) in [6.45, 7) is 8.45. The number of benzene rings is 1. The van der Waals surface area contributed by atoms with Crippen molar-refractivity contribution in [2.75, 3.05) is 6.54 Å². The van der Waals surface area contributed by atoms with Gasteiger partial charge in [-0.1, -0.05) is 37.6 Å². The fourth-order valence-corrected chi connectivity index (χ4v) is 1.71. The number of rotatable bonds is 5. The average molecular weight is 226 g/mol. The van der Waals surface area contributed by atoms with Crippen molar-refractivity contribution in [3.8, 4) is 0 Å². The van der Waals surface area contributed by atoms with E-state index >= 15 is 0 Å². The highest BCUT2D eigenvalue weighted by atomic mass is 35.5. The van der Waals surface area contributed by atoms with Gasteiger partial charge in [0, 0.05) is 11.6 Å². The molecule has 15 heavy (non-hydrogen) atoms. The van der Waals surface area contributed by atoms with Gasteiger partial charge < -0.3 is 5.32 Å². The van der Waals surface area contributed by atoms with Gasteiger partial charge in [-0.15, -0.1) is 0 Å². The van der Waals surface area contributed by atoms with Crippen molar-refractivity contribution in [3.63, 3.8) is 0 Å². The molecule has 2 heteroatoms. The lowest BCUT2D eigenvalue weighted by Gasteiger charge is -2.08. The van der Waals surface area contributed by atoms with E-state index in [1.54, 1.807) is 0 Å². The Balaban J connectivity index is 2.37. The molecule has 1 N–H and O–H groups in total. The molecule has 1 aromatic rings. The van der Waals surface area contributed by atoms with Gasteiger partial charge in [0.1, 0.15) is 0 Å². The molecule has 0 fully saturated rings. The van der Waals surface area contributed by atoms with Crippen molar-refractivity contribution in [3.05, 3.63) is 34.3 Å². The van der Waals surface area contributed by atoms with Gasteiger partial charge in [0.15, 0.2) is 0 Å². The Labute approximate surface area is 97.8 Å². The van der Waals surface area contributed by atoms with Crippen LogP contribution < -0.4 is 5.32 Å². The van der Waals surface area contributed by atoms with Crippen LogP contribution in [0, 0.1) is 12.8 Å². The monoisotopic (exact) mass is 225 g/mol. The maximum Gasteiger partial charge on any atom is 0.0453 e. The summed E-state index contributed by atoms with van der Waals surface area (Å²) in [7, 11) is 0. The van der Waals surface area contributed by atoms with E-state index in [1.165, 1.54) is 17.5 Å². The molecule has 0 aliphatic carbocycles. The first-order valence-corrected chi connectivity index (χ1v) is 5.93. The van der Waals surface area contributed by atoms with Crippen molar-refractivity contribution >= 4 is 11.6 Å². The summed E-state index contributed by atoms with van der Waals surface area (Å²) in [4.78, 5) is 0. The molecule has 0 amide bonds.